The van der Waals surface area contributed by atoms with E-state index in [2.05, 4.69) is 37.8 Å². The normalized spacial score (nSPS) is 24.4. The fraction of sp³-hybridized carbons (Fsp3) is 1.00. The van der Waals surface area contributed by atoms with Gasteiger partial charge in [-0.25, -0.2) is 0 Å². The topological polar surface area (TPSA) is 21.3 Å². The Morgan fingerprint density at radius 3 is 2.79 bits per heavy atom. The average Bonchev–Trinajstić information content (AvgIpc) is 2.64. The number of hydrogen-bond acceptors (Lipinski definition) is 3. The van der Waals surface area contributed by atoms with Crippen molar-refractivity contribution in [2.75, 3.05) is 24.7 Å². The lowest BCUT2D eigenvalue weighted by Crippen LogP contribution is -2.40. The predicted molar refractivity (Wildman–Crippen MR) is 64.0 cm³/mol. The molecule has 1 fully saturated rings. The fourth-order valence-corrected chi connectivity index (χ4v) is 3.13. The van der Waals surface area contributed by atoms with E-state index in [0.717, 1.165) is 19.1 Å². The first-order chi connectivity index (χ1) is 6.74. The predicted octanol–water partition coefficient (Wildman–Crippen LogP) is 2.14. The van der Waals surface area contributed by atoms with E-state index < -0.39 is 0 Å². The van der Waals surface area contributed by atoms with Gasteiger partial charge in [-0.15, -0.1) is 0 Å². The Kier molecular flexibility index (Phi) is 5.90. The molecule has 0 amide bonds. The van der Waals surface area contributed by atoms with Crippen LogP contribution >= 0.6 is 11.8 Å². The number of rotatable bonds is 6. The van der Waals surface area contributed by atoms with Crippen molar-refractivity contribution >= 4 is 11.8 Å². The van der Waals surface area contributed by atoms with Gasteiger partial charge in [0.2, 0.25) is 0 Å². The molecule has 2 nitrogen and oxygen atoms in total. The number of likely N-dealkylation sites (N-methyl/N-ethyl adjacent to an activating group) is 1. The molecule has 84 valence electrons. The van der Waals surface area contributed by atoms with Crippen molar-refractivity contribution in [3.8, 4) is 0 Å². The molecule has 0 aromatic carbocycles. The summed E-state index contributed by atoms with van der Waals surface area (Å²) in [5.41, 5.74) is 0. The maximum atomic E-state index is 5.70. The van der Waals surface area contributed by atoms with Crippen LogP contribution in [-0.2, 0) is 4.74 Å². The number of hydrogen-bond donors (Lipinski definition) is 1. The van der Waals surface area contributed by atoms with Gasteiger partial charge >= 0.3 is 0 Å². The first kappa shape index (κ1) is 12.3. The summed E-state index contributed by atoms with van der Waals surface area (Å²) in [7, 11) is 0. The monoisotopic (exact) mass is 217 g/mol. The lowest BCUT2D eigenvalue weighted by atomic mass is 10.00. The Morgan fingerprint density at radius 2 is 2.29 bits per heavy atom. The van der Waals surface area contributed by atoms with E-state index in [0.29, 0.717) is 12.1 Å². The van der Waals surface area contributed by atoms with Crippen molar-refractivity contribution in [3.63, 3.8) is 0 Å². The molecule has 0 aromatic heterocycles. The maximum absolute atomic E-state index is 5.70. The van der Waals surface area contributed by atoms with Crippen LogP contribution in [0.2, 0.25) is 0 Å². The van der Waals surface area contributed by atoms with E-state index in [4.69, 9.17) is 4.74 Å². The third-order valence-electron chi connectivity index (χ3n) is 2.61. The molecule has 0 radical (unpaired) electrons. The van der Waals surface area contributed by atoms with Gasteiger partial charge in [-0.2, -0.15) is 11.8 Å². The zero-order chi connectivity index (χ0) is 10.4. The Balaban J connectivity index is 2.29. The highest BCUT2D eigenvalue weighted by atomic mass is 32.2. The van der Waals surface area contributed by atoms with Crippen LogP contribution in [-0.4, -0.2) is 36.8 Å². The molecule has 0 aromatic rings. The molecule has 0 bridgehead atoms. The number of nitrogens with one attached hydrogen (secondary N) is 1. The van der Waals surface area contributed by atoms with Crippen molar-refractivity contribution in [2.24, 2.45) is 5.92 Å². The van der Waals surface area contributed by atoms with Crippen molar-refractivity contribution in [1.29, 1.82) is 0 Å². The zero-order valence-electron chi connectivity index (χ0n) is 9.58. The SMILES string of the molecule is CCNC(COC(C)C)C1CCSC1. The minimum absolute atomic E-state index is 0.352. The van der Waals surface area contributed by atoms with Crippen LogP contribution in [0, 0.1) is 5.92 Å². The van der Waals surface area contributed by atoms with E-state index in [1.165, 1.54) is 17.9 Å². The Labute approximate surface area is 92.2 Å². The molecular weight excluding hydrogens is 194 g/mol. The summed E-state index contributed by atoms with van der Waals surface area (Å²) in [4.78, 5) is 0. The number of thioether (sulfide) groups is 1. The second-order valence-electron chi connectivity index (χ2n) is 4.17. The van der Waals surface area contributed by atoms with E-state index in [-0.39, 0.29) is 0 Å². The van der Waals surface area contributed by atoms with E-state index in [9.17, 15) is 0 Å². The quantitative estimate of drug-likeness (QED) is 0.736. The van der Waals surface area contributed by atoms with Crippen molar-refractivity contribution < 1.29 is 4.74 Å². The summed E-state index contributed by atoms with van der Waals surface area (Å²) in [6, 6.07) is 0.567. The van der Waals surface area contributed by atoms with Crippen molar-refractivity contribution in [3.05, 3.63) is 0 Å². The third-order valence-corrected chi connectivity index (χ3v) is 3.80. The first-order valence-corrected chi connectivity index (χ1v) is 6.82. The highest BCUT2D eigenvalue weighted by Crippen LogP contribution is 2.26. The second-order valence-corrected chi connectivity index (χ2v) is 5.32. The summed E-state index contributed by atoms with van der Waals surface area (Å²) < 4.78 is 5.70. The molecule has 1 aliphatic rings. The van der Waals surface area contributed by atoms with Gasteiger partial charge in [0.05, 0.1) is 12.7 Å². The zero-order valence-corrected chi connectivity index (χ0v) is 10.4. The highest BCUT2D eigenvalue weighted by molar-refractivity contribution is 7.99. The van der Waals surface area contributed by atoms with Gasteiger partial charge in [-0.05, 0) is 44.2 Å². The van der Waals surface area contributed by atoms with Gasteiger partial charge in [0.1, 0.15) is 0 Å². The molecule has 0 saturated carbocycles. The van der Waals surface area contributed by atoms with Gasteiger partial charge in [-0.3, -0.25) is 0 Å². The molecule has 14 heavy (non-hydrogen) atoms. The molecule has 1 N–H and O–H groups in total. The minimum Gasteiger partial charge on any atom is -0.377 e. The van der Waals surface area contributed by atoms with Crippen LogP contribution in [0.1, 0.15) is 27.2 Å². The lowest BCUT2D eigenvalue weighted by molar-refractivity contribution is 0.0511. The van der Waals surface area contributed by atoms with Gasteiger partial charge in [0.15, 0.2) is 0 Å². The van der Waals surface area contributed by atoms with Crippen LogP contribution in [0.4, 0.5) is 0 Å². The molecule has 1 saturated heterocycles. The summed E-state index contributed by atoms with van der Waals surface area (Å²) in [6.45, 7) is 8.30. The number of ether oxygens (including phenoxy) is 1. The van der Waals surface area contributed by atoms with E-state index >= 15 is 0 Å². The molecule has 2 unspecified atom stereocenters. The molecule has 1 rings (SSSR count). The van der Waals surface area contributed by atoms with Gasteiger partial charge in [-0.1, -0.05) is 6.92 Å². The fourth-order valence-electron chi connectivity index (χ4n) is 1.79. The lowest BCUT2D eigenvalue weighted by Gasteiger charge is -2.24. The highest BCUT2D eigenvalue weighted by Gasteiger charge is 2.24. The third kappa shape index (κ3) is 4.20. The van der Waals surface area contributed by atoms with Gasteiger partial charge in [0.25, 0.3) is 0 Å². The first-order valence-electron chi connectivity index (χ1n) is 5.66. The van der Waals surface area contributed by atoms with Crippen LogP contribution in [0.5, 0.6) is 0 Å². The molecule has 1 heterocycles. The summed E-state index contributed by atoms with van der Waals surface area (Å²) >= 11 is 2.08. The Hall–Kier alpha value is 0.270. The van der Waals surface area contributed by atoms with Crippen LogP contribution in [0.3, 0.4) is 0 Å². The Bertz CT molecular complexity index is 146. The molecule has 2 atom stereocenters. The molecular formula is C11H23NOS. The standard InChI is InChI=1S/C11H23NOS/c1-4-12-11(7-13-9(2)3)10-5-6-14-8-10/h9-12H,4-8H2,1-3H3. The largest absolute Gasteiger partial charge is 0.377 e. The minimum atomic E-state index is 0.352. The van der Waals surface area contributed by atoms with Crippen molar-refractivity contribution in [1.82, 2.24) is 5.32 Å². The van der Waals surface area contributed by atoms with Crippen LogP contribution in [0.15, 0.2) is 0 Å². The molecule has 0 spiro atoms. The molecule has 3 heteroatoms. The summed E-state index contributed by atoms with van der Waals surface area (Å²) in [6.07, 6.45) is 1.70. The Morgan fingerprint density at radius 1 is 1.50 bits per heavy atom. The maximum Gasteiger partial charge on any atom is 0.0626 e. The van der Waals surface area contributed by atoms with Crippen molar-refractivity contribution in [2.45, 2.75) is 39.3 Å². The van der Waals surface area contributed by atoms with E-state index in [1.807, 2.05) is 0 Å². The molecule has 1 aliphatic heterocycles. The average molecular weight is 217 g/mol. The van der Waals surface area contributed by atoms with Gasteiger partial charge < -0.3 is 10.1 Å². The summed E-state index contributed by atoms with van der Waals surface area (Å²) in [5.74, 6) is 3.45. The van der Waals surface area contributed by atoms with Crippen LogP contribution < -0.4 is 5.32 Å². The smallest absolute Gasteiger partial charge is 0.0626 e. The summed E-state index contributed by atoms with van der Waals surface area (Å²) in [5, 5.41) is 3.54. The second kappa shape index (κ2) is 6.70. The van der Waals surface area contributed by atoms with E-state index in [1.54, 1.807) is 0 Å². The molecule has 0 aliphatic carbocycles. The van der Waals surface area contributed by atoms with Crippen LogP contribution in [0.25, 0.3) is 0 Å². The van der Waals surface area contributed by atoms with Gasteiger partial charge in [0, 0.05) is 6.04 Å².